The topological polar surface area (TPSA) is 52.8 Å². The van der Waals surface area contributed by atoms with Crippen molar-refractivity contribution >= 4 is 29.4 Å². The third-order valence-corrected chi connectivity index (χ3v) is 5.72. The maximum Gasteiger partial charge on any atom is 0.240 e. The molecule has 0 saturated carbocycles. The maximum atomic E-state index is 12.1. The number of carbonyl (C=O) groups is 1. The summed E-state index contributed by atoms with van der Waals surface area (Å²) in [4.78, 5) is 18.5. The average molecular weight is 276 g/mol. The van der Waals surface area contributed by atoms with E-state index in [1.165, 1.54) is 0 Å². The van der Waals surface area contributed by atoms with Gasteiger partial charge in [-0.25, -0.2) is 0 Å². The van der Waals surface area contributed by atoms with Crippen LogP contribution in [-0.4, -0.2) is 76.8 Å². The van der Waals surface area contributed by atoms with E-state index in [9.17, 15) is 4.79 Å². The van der Waals surface area contributed by atoms with Crippen molar-refractivity contribution in [3.63, 3.8) is 0 Å². The third-order valence-electron chi connectivity index (χ3n) is 3.11. The fourth-order valence-corrected chi connectivity index (χ4v) is 4.92. The molecule has 2 heterocycles. The van der Waals surface area contributed by atoms with Crippen LogP contribution in [0.3, 0.4) is 0 Å². The lowest BCUT2D eigenvalue weighted by Crippen LogP contribution is -2.54. The third kappa shape index (κ3) is 2.73. The maximum absolute atomic E-state index is 12.1. The van der Waals surface area contributed by atoms with Gasteiger partial charge in [0.2, 0.25) is 5.91 Å². The standard InChI is InChI=1S/C10H20N4OS2/c1-12-3-5-16-9(12)14(8(15)7-11)10-13(2)4-6-17-10/h9-10H,3-7,11H2,1-2H3. The first kappa shape index (κ1) is 13.5. The number of amides is 1. The zero-order chi connectivity index (χ0) is 12.4. The molecule has 0 spiro atoms. The second-order valence-electron chi connectivity index (χ2n) is 4.36. The molecule has 2 unspecified atom stereocenters. The second-order valence-corrected chi connectivity index (χ2v) is 6.69. The van der Waals surface area contributed by atoms with E-state index in [2.05, 4.69) is 23.9 Å². The average Bonchev–Trinajstić information content (AvgIpc) is 2.90. The Bertz CT molecular complexity index is 271. The van der Waals surface area contributed by atoms with Gasteiger partial charge in [0.15, 0.2) is 0 Å². The molecule has 17 heavy (non-hydrogen) atoms. The van der Waals surface area contributed by atoms with Gasteiger partial charge in [-0.1, -0.05) is 0 Å². The Kier molecular flexibility index (Phi) is 4.59. The van der Waals surface area contributed by atoms with Gasteiger partial charge in [0.1, 0.15) is 11.0 Å². The Balaban J connectivity index is 2.15. The molecule has 0 aromatic carbocycles. The molecule has 2 aliphatic heterocycles. The van der Waals surface area contributed by atoms with Gasteiger partial charge in [0.05, 0.1) is 6.54 Å². The summed E-state index contributed by atoms with van der Waals surface area (Å²) in [7, 11) is 4.14. The van der Waals surface area contributed by atoms with E-state index in [1.54, 1.807) is 0 Å². The van der Waals surface area contributed by atoms with Gasteiger partial charge in [-0.05, 0) is 14.1 Å². The van der Waals surface area contributed by atoms with Gasteiger partial charge >= 0.3 is 0 Å². The molecule has 0 radical (unpaired) electrons. The van der Waals surface area contributed by atoms with Crippen LogP contribution in [0.25, 0.3) is 0 Å². The van der Waals surface area contributed by atoms with Gasteiger partial charge < -0.3 is 5.73 Å². The summed E-state index contributed by atoms with van der Waals surface area (Å²) < 4.78 is 0. The first-order valence-corrected chi connectivity index (χ1v) is 7.90. The molecule has 2 rings (SSSR count). The molecular formula is C10H20N4OS2. The lowest BCUT2D eigenvalue weighted by molar-refractivity contribution is -0.135. The lowest BCUT2D eigenvalue weighted by atomic mass is 10.5. The van der Waals surface area contributed by atoms with E-state index in [1.807, 2.05) is 28.4 Å². The van der Waals surface area contributed by atoms with Crippen molar-refractivity contribution in [2.75, 3.05) is 45.2 Å². The summed E-state index contributed by atoms with van der Waals surface area (Å²) in [6.45, 7) is 2.16. The summed E-state index contributed by atoms with van der Waals surface area (Å²) in [5, 5.41) is 0. The number of thioether (sulfide) groups is 2. The second kappa shape index (κ2) is 5.79. The quantitative estimate of drug-likeness (QED) is 0.764. The Morgan fingerprint density at radius 2 is 1.71 bits per heavy atom. The number of rotatable bonds is 3. The molecule has 1 amide bonds. The first-order valence-electron chi connectivity index (χ1n) is 5.80. The van der Waals surface area contributed by atoms with Crippen LogP contribution in [-0.2, 0) is 4.79 Å². The van der Waals surface area contributed by atoms with Gasteiger partial charge in [0, 0.05) is 24.6 Å². The van der Waals surface area contributed by atoms with Crippen molar-refractivity contribution in [1.29, 1.82) is 0 Å². The van der Waals surface area contributed by atoms with Gasteiger partial charge in [-0.15, -0.1) is 23.5 Å². The minimum Gasteiger partial charge on any atom is -0.322 e. The Morgan fingerprint density at radius 3 is 2.00 bits per heavy atom. The molecule has 2 N–H and O–H groups in total. The fourth-order valence-electron chi connectivity index (χ4n) is 2.13. The van der Waals surface area contributed by atoms with Crippen LogP contribution in [0.2, 0.25) is 0 Å². The van der Waals surface area contributed by atoms with E-state index in [4.69, 9.17) is 5.73 Å². The molecule has 0 aromatic rings. The van der Waals surface area contributed by atoms with Crippen LogP contribution in [0.4, 0.5) is 0 Å². The number of nitrogens with two attached hydrogens (primary N) is 1. The summed E-state index contributed by atoms with van der Waals surface area (Å²) in [5.74, 6) is 2.20. The molecule has 7 heteroatoms. The van der Waals surface area contributed by atoms with Crippen molar-refractivity contribution in [2.24, 2.45) is 5.73 Å². The zero-order valence-electron chi connectivity index (χ0n) is 10.3. The molecule has 5 nitrogen and oxygen atoms in total. The summed E-state index contributed by atoms with van der Waals surface area (Å²) in [5.41, 5.74) is 5.84. The number of nitrogens with zero attached hydrogens (tertiary/aromatic N) is 3. The van der Waals surface area contributed by atoms with Gasteiger partial charge in [0.25, 0.3) is 0 Å². The number of hydrogen-bond donors (Lipinski definition) is 1. The van der Waals surface area contributed by atoms with Crippen molar-refractivity contribution < 1.29 is 4.79 Å². The van der Waals surface area contributed by atoms with Crippen molar-refractivity contribution in [3.8, 4) is 0 Å². The van der Waals surface area contributed by atoms with Crippen LogP contribution < -0.4 is 5.73 Å². The van der Waals surface area contributed by atoms with Crippen molar-refractivity contribution in [2.45, 2.75) is 11.0 Å². The smallest absolute Gasteiger partial charge is 0.240 e. The van der Waals surface area contributed by atoms with Crippen molar-refractivity contribution in [3.05, 3.63) is 0 Å². The largest absolute Gasteiger partial charge is 0.322 e. The SMILES string of the molecule is CN1CCSC1N(C(=O)CN)C1SCCN1C. The zero-order valence-corrected chi connectivity index (χ0v) is 12.0. The van der Waals surface area contributed by atoms with E-state index in [-0.39, 0.29) is 23.4 Å². The molecular weight excluding hydrogens is 256 g/mol. The predicted octanol–water partition coefficient (Wildman–Crippen LogP) is -0.302. The van der Waals surface area contributed by atoms with E-state index in [0.29, 0.717) is 0 Å². The van der Waals surface area contributed by atoms with Gasteiger partial charge in [-0.2, -0.15) is 0 Å². The van der Waals surface area contributed by atoms with Crippen LogP contribution >= 0.6 is 23.5 Å². The molecule has 0 aromatic heterocycles. The summed E-state index contributed by atoms with van der Waals surface area (Å²) >= 11 is 3.65. The van der Waals surface area contributed by atoms with Gasteiger partial charge in [-0.3, -0.25) is 19.5 Å². The highest BCUT2D eigenvalue weighted by molar-refractivity contribution is 8.00. The van der Waals surface area contributed by atoms with Crippen molar-refractivity contribution in [1.82, 2.24) is 14.7 Å². The minimum atomic E-state index is 0.0440. The summed E-state index contributed by atoms with van der Waals surface area (Å²) in [6, 6.07) is 0. The minimum absolute atomic E-state index is 0.0440. The lowest BCUT2D eigenvalue weighted by Gasteiger charge is -2.38. The fraction of sp³-hybridized carbons (Fsp3) is 0.900. The van der Waals surface area contributed by atoms with Crippen LogP contribution in [0.15, 0.2) is 0 Å². The highest BCUT2D eigenvalue weighted by Crippen LogP contribution is 2.33. The van der Waals surface area contributed by atoms with E-state index < -0.39 is 0 Å². The van der Waals surface area contributed by atoms with E-state index >= 15 is 0 Å². The Morgan fingerprint density at radius 1 is 1.24 bits per heavy atom. The monoisotopic (exact) mass is 276 g/mol. The number of carbonyl (C=O) groups excluding carboxylic acids is 1. The molecule has 0 aliphatic carbocycles. The normalized spacial score (nSPS) is 31.0. The molecule has 2 saturated heterocycles. The van der Waals surface area contributed by atoms with Crippen LogP contribution in [0.1, 0.15) is 0 Å². The molecule has 0 bridgehead atoms. The molecule has 2 fully saturated rings. The predicted molar refractivity (Wildman–Crippen MR) is 73.7 cm³/mol. The van der Waals surface area contributed by atoms with Crippen LogP contribution in [0.5, 0.6) is 0 Å². The summed E-state index contributed by atoms with van der Waals surface area (Å²) in [6.07, 6.45) is 0. The first-order chi connectivity index (χ1) is 8.15. The number of hydrogen-bond acceptors (Lipinski definition) is 6. The highest BCUT2D eigenvalue weighted by atomic mass is 32.2. The van der Waals surface area contributed by atoms with E-state index in [0.717, 1.165) is 24.6 Å². The van der Waals surface area contributed by atoms with Crippen LogP contribution in [0, 0.1) is 0 Å². The molecule has 2 atom stereocenters. The highest BCUT2D eigenvalue weighted by Gasteiger charge is 2.39. The Hall–Kier alpha value is 0.0500. The Labute approximate surface area is 111 Å². The molecule has 2 aliphatic rings. The molecule has 98 valence electrons.